The second kappa shape index (κ2) is 2.71. The number of ether oxygens (including phenoxy) is 2. The normalized spacial score (nSPS) is 47.2. The van der Waals surface area contributed by atoms with Crippen molar-refractivity contribution in [2.24, 2.45) is 11.8 Å². The molecule has 2 bridgehead atoms. The van der Waals surface area contributed by atoms with Crippen LogP contribution in [0.5, 0.6) is 0 Å². The van der Waals surface area contributed by atoms with Gasteiger partial charge in [-0.3, -0.25) is 4.79 Å². The second-order valence-electron chi connectivity index (χ2n) is 4.17. The van der Waals surface area contributed by atoms with E-state index in [-0.39, 0.29) is 17.5 Å². The Morgan fingerprint density at radius 1 is 1.69 bits per heavy atom. The van der Waals surface area contributed by atoms with Gasteiger partial charge in [0.15, 0.2) is 0 Å². The highest BCUT2D eigenvalue weighted by Crippen LogP contribution is 2.56. The van der Waals surface area contributed by atoms with E-state index in [9.17, 15) is 4.79 Å². The first-order chi connectivity index (χ1) is 6.13. The van der Waals surface area contributed by atoms with E-state index in [1.807, 2.05) is 6.92 Å². The van der Waals surface area contributed by atoms with Gasteiger partial charge in [-0.25, -0.2) is 0 Å². The number of hydrogen-bond acceptors (Lipinski definition) is 3. The van der Waals surface area contributed by atoms with Crippen molar-refractivity contribution in [1.29, 1.82) is 0 Å². The van der Waals surface area contributed by atoms with Gasteiger partial charge in [-0.2, -0.15) is 0 Å². The molecule has 74 valence electrons. The third kappa shape index (κ3) is 0.966. The summed E-state index contributed by atoms with van der Waals surface area (Å²) < 4.78 is 10.4. The maximum atomic E-state index is 11.4. The number of fused-ring (bicyclic) bond motifs is 1. The highest BCUT2D eigenvalue weighted by molar-refractivity contribution is 5.75. The van der Waals surface area contributed by atoms with Crippen LogP contribution in [0.2, 0.25) is 0 Å². The Hall–Kier alpha value is -0.570. The number of rotatable bonds is 2. The summed E-state index contributed by atoms with van der Waals surface area (Å²) in [5, 5.41) is 0. The van der Waals surface area contributed by atoms with Gasteiger partial charge in [-0.05, 0) is 19.8 Å². The zero-order valence-corrected chi connectivity index (χ0v) is 8.37. The maximum Gasteiger partial charge on any atom is 0.311 e. The van der Waals surface area contributed by atoms with Gasteiger partial charge in [0.2, 0.25) is 0 Å². The van der Waals surface area contributed by atoms with Crippen molar-refractivity contribution < 1.29 is 14.3 Å². The molecule has 0 aromatic heterocycles. The summed E-state index contributed by atoms with van der Waals surface area (Å²) in [7, 11) is 1.45. The predicted octanol–water partition coefficient (Wildman–Crippen LogP) is 1.36. The molecule has 2 aliphatic heterocycles. The molecule has 3 heteroatoms. The Morgan fingerprint density at radius 3 is 2.85 bits per heavy atom. The topological polar surface area (TPSA) is 35.5 Å². The van der Waals surface area contributed by atoms with E-state index in [1.165, 1.54) is 7.11 Å². The standard InChI is InChI=1S/C10H16O3/c1-4-6-8-5-7(9(11)12-3)10(6,2)13-8/h6-8H,4-5H2,1-3H3/t6?,7?,8-,10-/m0/s1. The maximum absolute atomic E-state index is 11.4. The Labute approximate surface area is 78.4 Å². The number of carbonyl (C=O) groups excluding carboxylic acids is 1. The minimum atomic E-state index is -0.230. The molecule has 3 nitrogen and oxygen atoms in total. The van der Waals surface area contributed by atoms with Gasteiger partial charge in [0.25, 0.3) is 0 Å². The number of carbonyl (C=O) groups is 1. The highest BCUT2D eigenvalue weighted by atomic mass is 16.6. The zero-order valence-electron chi connectivity index (χ0n) is 8.37. The largest absolute Gasteiger partial charge is 0.469 e. The van der Waals surface area contributed by atoms with Crippen LogP contribution in [0.25, 0.3) is 0 Å². The molecule has 0 spiro atoms. The molecule has 2 saturated heterocycles. The number of methoxy groups -OCH3 is 1. The quantitative estimate of drug-likeness (QED) is 0.608. The first-order valence-corrected chi connectivity index (χ1v) is 4.89. The van der Waals surface area contributed by atoms with Gasteiger partial charge >= 0.3 is 5.97 Å². The van der Waals surface area contributed by atoms with Crippen LogP contribution in [-0.4, -0.2) is 24.8 Å². The molecule has 3 aliphatic rings. The van der Waals surface area contributed by atoms with E-state index in [0.29, 0.717) is 12.0 Å². The molecule has 0 amide bonds. The van der Waals surface area contributed by atoms with Gasteiger partial charge in [0, 0.05) is 5.92 Å². The molecule has 0 aromatic rings. The van der Waals surface area contributed by atoms with Crippen molar-refractivity contribution in [3.05, 3.63) is 0 Å². The summed E-state index contributed by atoms with van der Waals surface area (Å²) in [5.41, 5.74) is -0.230. The van der Waals surface area contributed by atoms with Gasteiger partial charge in [-0.15, -0.1) is 0 Å². The molecule has 2 unspecified atom stereocenters. The molecule has 1 saturated carbocycles. The average Bonchev–Trinajstić information content (AvgIpc) is 2.56. The lowest BCUT2D eigenvalue weighted by atomic mass is 9.80. The molecule has 3 fully saturated rings. The summed E-state index contributed by atoms with van der Waals surface area (Å²) in [6.07, 6.45) is 2.25. The van der Waals surface area contributed by atoms with E-state index in [4.69, 9.17) is 9.47 Å². The van der Waals surface area contributed by atoms with Crippen molar-refractivity contribution in [2.75, 3.05) is 7.11 Å². The van der Waals surface area contributed by atoms with Crippen molar-refractivity contribution in [1.82, 2.24) is 0 Å². The van der Waals surface area contributed by atoms with Gasteiger partial charge in [0.05, 0.1) is 24.7 Å². The van der Waals surface area contributed by atoms with Crippen LogP contribution in [-0.2, 0) is 14.3 Å². The fourth-order valence-electron chi connectivity index (χ4n) is 2.95. The van der Waals surface area contributed by atoms with Crippen LogP contribution in [0.4, 0.5) is 0 Å². The Morgan fingerprint density at radius 2 is 2.38 bits per heavy atom. The molecule has 1 aliphatic carbocycles. The van der Waals surface area contributed by atoms with Crippen LogP contribution in [0.15, 0.2) is 0 Å². The van der Waals surface area contributed by atoms with Crippen LogP contribution in [0, 0.1) is 11.8 Å². The van der Waals surface area contributed by atoms with Crippen LogP contribution in [0.1, 0.15) is 26.7 Å². The molecule has 0 aromatic carbocycles. The molecule has 2 heterocycles. The number of hydrogen-bond donors (Lipinski definition) is 0. The molecule has 4 atom stereocenters. The molecular formula is C10H16O3. The van der Waals surface area contributed by atoms with E-state index in [0.717, 1.165) is 12.8 Å². The minimum absolute atomic E-state index is 0.0348. The van der Waals surface area contributed by atoms with E-state index in [2.05, 4.69) is 6.92 Å². The molecule has 0 N–H and O–H groups in total. The lowest BCUT2D eigenvalue weighted by Gasteiger charge is -2.46. The smallest absolute Gasteiger partial charge is 0.311 e. The molecular weight excluding hydrogens is 168 g/mol. The highest BCUT2D eigenvalue weighted by Gasteiger charge is 2.65. The van der Waals surface area contributed by atoms with E-state index in [1.54, 1.807) is 0 Å². The van der Waals surface area contributed by atoms with Crippen LogP contribution < -0.4 is 0 Å². The van der Waals surface area contributed by atoms with Gasteiger partial charge < -0.3 is 9.47 Å². The summed E-state index contributed by atoms with van der Waals surface area (Å²) in [6.45, 7) is 4.18. The third-order valence-electron chi connectivity index (χ3n) is 3.68. The van der Waals surface area contributed by atoms with Crippen molar-refractivity contribution >= 4 is 5.97 Å². The Kier molecular flexibility index (Phi) is 1.88. The first kappa shape index (κ1) is 9.00. The van der Waals surface area contributed by atoms with Gasteiger partial charge in [0.1, 0.15) is 0 Å². The summed E-state index contributed by atoms with van der Waals surface area (Å²) in [5.74, 6) is 0.407. The van der Waals surface area contributed by atoms with Gasteiger partial charge in [-0.1, -0.05) is 6.92 Å². The monoisotopic (exact) mass is 184 g/mol. The van der Waals surface area contributed by atoms with Crippen LogP contribution in [0.3, 0.4) is 0 Å². The Bertz CT molecular complexity index is 238. The Balaban J connectivity index is 2.14. The minimum Gasteiger partial charge on any atom is -0.469 e. The molecule has 3 rings (SSSR count). The van der Waals surface area contributed by atoms with Crippen molar-refractivity contribution in [3.63, 3.8) is 0 Å². The fourth-order valence-corrected chi connectivity index (χ4v) is 2.95. The summed E-state index contributed by atoms with van der Waals surface area (Å²) in [6, 6.07) is 0. The lowest BCUT2D eigenvalue weighted by molar-refractivity contribution is -0.215. The lowest BCUT2D eigenvalue weighted by Crippen LogP contribution is -2.53. The average molecular weight is 184 g/mol. The second-order valence-corrected chi connectivity index (χ2v) is 4.17. The SMILES string of the molecule is CCC1[C@@H]2CC(C(=O)OC)[C@@]1(C)O2. The van der Waals surface area contributed by atoms with Crippen molar-refractivity contribution in [2.45, 2.75) is 38.4 Å². The van der Waals surface area contributed by atoms with E-state index < -0.39 is 0 Å². The summed E-state index contributed by atoms with van der Waals surface area (Å²) >= 11 is 0. The molecule has 0 radical (unpaired) electrons. The van der Waals surface area contributed by atoms with Crippen LogP contribution >= 0.6 is 0 Å². The predicted molar refractivity (Wildman–Crippen MR) is 47.2 cm³/mol. The van der Waals surface area contributed by atoms with E-state index >= 15 is 0 Å². The zero-order chi connectivity index (χ0) is 9.64. The molecule has 13 heavy (non-hydrogen) atoms. The summed E-state index contributed by atoms with van der Waals surface area (Å²) in [4.78, 5) is 11.4. The van der Waals surface area contributed by atoms with Crippen molar-refractivity contribution in [3.8, 4) is 0 Å². The first-order valence-electron chi connectivity index (χ1n) is 4.89. The third-order valence-corrected chi connectivity index (χ3v) is 3.68. The number of esters is 1. The fraction of sp³-hybridized carbons (Fsp3) is 0.900.